The van der Waals surface area contributed by atoms with Gasteiger partial charge in [0, 0.05) is 0 Å². The minimum atomic E-state index is -0.555. The first-order valence-corrected chi connectivity index (χ1v) is 6.81. The van der Waals surface area contributed by atoms with E-state index in [0.717, 1.165) is 42.5 Å². The summed E-state index contributed by atoms with van der Waals surface area (Å²) in [5.41, 5.74) is 0. The van der Waals surface area contributed by atoms with Gasteiger partial charge in [0.1, 0.15) is 10.0 Å². The van der Waals surface area contributed by atoms with E-state index in [9.17, 15) is 5.11 Å². The Hall–Kier alpha value is -0.560. The van der Waals surface area contributed by atoms with Gasteiger partial charge in [-0.1, -0.05) is 0 Å². The van der Waals surface area contributed by atoms with Crippen molar-refractivity contribution in [3.8, 4) is 0 Å². The number of rotatable bonds is 4. The maximum Gasteiger partial charge on any atom is 0.131 e. The quantitative estimate of drug-likeness (QED) is 0.817. The molecule has 1 fully saturated rings. The molecule has 1 saturated heterocycles. The summed E-state index contributed by atoms with van der Waals surface area (Å²) in [6.45, 7) is 4.61. The van der Waals surface area contributed by atoms with E-state index >= 15 is 0 Å². The molecule has 1 atom stereocenters. The van der Waals surface area contributed by atoms with Crippen molar-refractivity contribution in [1.29, 1.82) is 0 Å². The molecule has 1 aliphatic heterocycles. The van der Waals surface area contributed by atoms with Crippen molar-refractivity contribution >= 4 is 11.3 Å². The molecule has 1 unspecified atom stereocenters. The van der Waals surface area contributed by atoms with Gasteiger partial charge < -0.3 is 10.2 Å². The number of aryl methyl sites for hydroxylation is 1. The van der Waals surface area contributed by atoms with Crippen LogP contribution < -0.4 is 0 Å². The summed E-state index contributed by atoms with van der Waals surface area (Å²) < 4.78 is 0. The zero-order valence-corrected chi connectivity index (χ0v) is 10.9. The van der Waals surface area contributed by atoms with Crippen molar-refractivity contribution in [2.45, 2.75) is 32.4 Å². The Morgan fingerprint density at radius 2 is 2.12 bits per heavy atom. The van der Waals surface area contributed by atoms with E-state index in [1.54, 1.807) is 11.3 Å². The summed E-state index contributed by atoms with van der Waals surface area (Å²) in [7, 11) is 0. The third-order valence-corrected chi connectivity index (χ3v) is 4.11. The molecule has 0 bridgehead atoms. The van der Waals surface area contributed by atoms with E-state index in [1.807, 2.05) is 6.92 Å². The fraction of sp³-hybridized carbons (Fsp3) is 0.818. The Balaban J connectivity index is 1.79. The van der Waals surface area contributed by atoms with Crippen LogP contribution in [-0.2, 0) is 6.54 Å². The predicted octanol–water partition coefficient (Wildman–Crippen LogP) is 0.412. The van der Waals surface area contributed by atoms with Gasteiger partial charge in [0.2, 0.25) is 0 Å². The summed E-state index contributed by atoms with van der Waals surface area (Å²) in [6, 6.07) is 0. The Bertz CT molecular complexity index is 350. The van der Waals surface area contributed by atoms with Gasteiger partial charge in [-0.25, -0.2) is 0 Å². The second kappa shape index (κ2) is 5.86. The van der Waals surface area contributed by atoms with Crippen molar-refractivity contribution in [1.82, 2.24) is 15.1 Å². The van der Waals surface area contributed by atoms with Crippen LogP contribution in [0.4, 0.5) is 0 Å². The van der Waals surface area contributed by atoms with Gasteiger partial charge in [0.05, 0.1) is 19.3 Å². The van der Waals surface area contributed by atoms with E-state index in [1.165, 1.54) is 0 Å². The first kappa shape index (κ1) is 12.9. The molecule has 0 amide bonds. The van der Waals surface area contributed by atoms with Crippen molar-refractivity contribution < 1.29 is 10.2 Å². The van der Waals surface area contributed by atoms with Crippen LogP contribution in [0.25, 0.3) is 0 Å². The van der Waals surface area contributed by atoms with Gasteiger partial charge >= 0.3 is 0 Å². The van der Waals surface area contributed by atoms with Gasteiger partial charge in [0.25, 0.3) is 0 Å². The predicted molar refractivity (Wildman–Crippen MR) is 65.7 cm³/mol. The maximum absolute atomic E-state index is 9.57. The molecule has 0 radical (unpaired) electrons. The van der Waals surface area contributed by atoms with Crippen LogP contribution in [0.2, 0.25) is 0 Å². The highest BCUT2D eigenvalue weighted by Crippen LogP contribution is 2.22. The third-order valence-electron chi connectivity index (χ3n) is 3.29. The number of hydrogen-bond donors (Lipinski definition) is 2. The van der Waals surface area contributed by atoms with Crippen LogP contribution in [0.3, 0.4) is 0 Å². The van der Waals surface area contributed by atoms with Crippen LogP contribution in [-0.4, -0.2) is 51.1 Å². The van der Waals surface area contributed by atoms with E-state index in [4.69, 9.17) is 5.11 Å². The van der Waals surface area contributed by atoms with E-state index in [2.05, 4.69) is 15.1 Å². The van der Waals surface area contributed by atoms with E-state index < -0.39 is 6.10 Å². The molecule has 0 aromatic carbocycles. The first-order chi connectivity index (χ1) is 8.19. The summed E-state index contributed by atoms with van der Waals surface area (Å²) in [6.07, 6.45) is 1.33. The highest BCUT2D eigenvalue weighted by molar-refractivity contribution is 7.11. The fourth-order valence-corrected chi connectivity index (χ4v) is 2.99. The van der Waals surface area contributed by atoms with Crippen molar-refractivity contribution in [3.05, 3.63) is 10.0 Å². The Kier molecular flexibility index (Phi) is 4.44. The standard InChI is InChI=1S/C11H19N3O2S/c1-8-12-13-11(17-8)6-14-4-2-9(3-5-14)10(16)7-15/h9-10,15-16H,2-7H2,1H3. The lowest BCUT2D eigenvalue weighted by Crippen LogP contribution is -2.38. The highest BCUT2D eigenvalue weighted by atomic mass is 32.1. The molecular weight excluding hydrogens is 238 g/mol. The van der Waals surface area contributed by atoms with Gasteiger partial charge in [-0.3, -0.25) is 4.90 Å². The van der Waals surface area contributed by atoms with Crippen molar-refractivity contribution in [3.63, 3.8) is 0 Å². The van der Waals surface area contributed by atoms with Crippen LogP contribution in [0.15, 0.2) is 0 Å². The molecule has 6 heteroatoms. The number of hydrogen-bond acceptors (Lipinski definition) is 6. The number of likely N-dealkylation sites (tertiary alicyclic amines) is 1. The Morgan fingerprint density at radius 1 is 1.41 bits per heavy atom. The minimum Gasteiger partial charge on any atom is -0.394 e. The summed E-state index contributed by atoms with van der Waals surface area (Å²) in [5, 5.41) is 28.7. The summed E-state index contributed by atoms with van der Waals surface area (Å²) in [5.74, 6) is 0.243. The molecular formula is C11H19N3O2S. The summed E-state index contributed by atoms with van der Waals surface area (Å²) in [4.78, 5) is 2.33. The minimum absolute atomic E-state index is 0.125. The average molecular weight is 257 g/mol. The van der Waals surface area contributed by atoms with Crippen molar-refractivity contribution in [2.24, 2.45) is 5.92 Å². The third kappa shape index (κ3) is 3.45. The number of piperidine rings is 1. The Morgan fingerprint density at radius 3 is 2.65 bits per heavy atom. The van der Waals surface area contributed by atoms with Crippen LogP contribution in [0.1, 0.15) is 22.9 Å². The molecule has 1 aliphatic rings. The molecule has 5 nitrogen and oxygen atoms in total. The van der Waals surface area contributed by atoms with Gasteiger partial charge in [-0.2, -0.15) is 0 Å². The van der Waals surface area contributed by atoms with Crippen molar-refractivity contribution in [2.75, 3.05) is 19.7 Å². The SMILES string of the molecule is Cc1nnc(CN2CCC(C(O)CO)CC2)s1. The van der Waals surface area contributed by atoms with Gasteiger partial charge in [-0.15, -0.1) is 21.5 Å². The smallest absolute Gasteiger partial charge is 0.131 e. The molecule has 0 saturated carbocycles. The molecule has 17 heavy (non-hydrogen) atoms. The normalized spacial score (nSPS) is 20.6. The first-order valence-electron chi connectivity index (χ1n) is 5.99. The average Bonchev–Trinajstić information content (AvgIpc) is 2.75. The topological polar surface area (TPSA) is 69.5 Å². The molecule has 2 heterocycles. The molecule has 1 aromatic heterocycles. The second-order valence-electron chi connectivity index (χ2n) is 4.58. The number of nitrogens with zero attached hydrogens (tertiary/aromatic N) is 3. The molecule has 2 N–H and O–H groups in total. The highest BCUT2D eigenvalue weighted by Gasteiger charge is 2.25. The maximum atomic E-state index is 9.57. The lowest BCUT2D eigenvalue weighted by molar-refractivity contribution is 0.0171. The largest absolute Gasteiger partial charge is 0.394 e. The zero-order valence-electron chi connectivity index (χ0n) is 10.0. The monoisotopic (exact) mass is 257 g/mol. The molecule has 2 rings (SSSR count). The van der Waals surface area contributed by atoms with Crippen LogP contribution in [0.5, 0.6) is 0 Å². The number of aliphatic hydroxyl groups excluding tert-OH is 2. The van der Waals surface area contributed by atoms with E-state index in [-0.39, 0.29) is 12.5 Å². The zero-order chi connectivity index (χ0) is 12.3. The molecule has 0 aliphatic carbocycles. The van der Waals surface area contributed by atoms with Crippen LogP contribution >= 0.6 is 11.3 Å². The Labute approximate surface area is 105 Å². The van der Waals surface area contributed by atoms with Gasteiger partial charge in [0.15, 0.2) is 0 Å². The number of aromatic nitrogens is 2. The van der Waals surface area contributed by atoms with Gasteiger partial charge in [-0.05, 0) is 38.8 Å². The van der Waals surface area contributed by atoms with Crippen LogP contribution in [0, 0.1) is 12.8 Å². The molecule has 1 aromatic rings. The fourth-order valence-electron chi connectivity index (χ4n) is 2.24. The number of aliphatic hydroxyl groups is 2. The van der Waals surface area contributed by atoms with E-state index in [0.29, 0.717) is 0 Å². The molecule has 96 valence electrons. The second-order valence-corrected chi connectivity index (χ2v) is 5.84. The summed E-state index contributed by atoms with van der Waals surface area (Å²) >= 11 is 1.64. The lowest BCUT2D eigenvalue weighted by atomic mass is 9.92. The molecule has 0 spiro atoms. The lowest BCUT2D eigenvalue weighted by Gasteiger charge is -2.33.